The third-order valence-electron chi connectivity index (χ3n) is 1.40. The van der Waals surface area contributed by atoms with Gasteiger partial charge in [-0.25, -0.2) is 4.79 Å². The predicted octanol–water partition coefficient (Wildman–Crippen LogP) is 3.13. The van der Waals surface area contributed by atoms with Crippen molar-refractivity contribution in [3.8, 4) is 0 Å². The van der Waals surface area contributed by atoms with Crippen molar-refractivity contribution >= 4 is 35.0 Å². The lowest BCUT2D eigenvalue weighted by Gasteiger charge is -2.04. The van der Waals surface area contributed by atoms with E-state index in [2.05, 4.69) is 5.32 Å². The minimum absolute atomic E-state index is 0.195. The summed E-state index contributed by atoms with van der Waals surface area (Å²) in [5, 5.41) is 3.14. The fourth-order valence-electron chi connectivity index (χ4n) is 0.818. The Morgan fingerprint density at radius 1 is 1.36 bits per heavy atom. The number of amides is 1. The number of hydrogen-bond donors (Lipinski definition) is 1. The molecule has 0 atom stereocenters. The van der Waals surface area contributed by atoms with Crippen molar-refractivity contribution in [1.82, 2.24) is 0 Å². The first-order chi connectivity index (χ1) is 6.72. The van der Waals surface area contributed by atoms with Crippen LogP contribution in [0, 0.1) is 0 Å². The summed E-state index contributed by atoms with van der Waals surface area (Å²) in [5.74, 6) is 0.286. The molecule has 0 fully saturated rings. The fraction of sp³-hybridized carbons (Fsp3) is 0.222. The molecule has 0 radical (unpaired) electrons. The van der Waals surface area contributed by atoms with Crippen molar-refractivity contribution in [3.63, 3.8) is 0 Å². The lowest BCUT2D eigenvalue weighted by Crippen LogP contribution is -2.14. The van der Waals surface area contributed by atoms with E-state index >= 15 is 0 Å². The third-order valence-corrected chi connectivity index (χ3v) is 1.81. The molecule has 14 heavy (non-hydrogen) atoms. The summed E-state index contributed by atoms with van der Waals surface area (Å²) in [6.07, 6.45) is -0.520. The molecular weight excluding hydrogens is 225 g/mol. The molecule has 1 aromatic carbocycles. The lowest BCUT2D eigenvalue weighted by molar-refractivity contribution is 0.168. The first kappa shape index (κ1) is 11.1. The van der Waals surface area contributed by atoms with Gasteiger partial charge in [-0.2, -0.15) is 0 Å². The van der Waals surface area contributed by atoms with E-state index in [9.17, 15) is 4.79 Å². The van der Waals surface area contributed by atoms with Crippen LogP contribution < -0.4 is 5.32 Å². The van der Waals surface area contributed by atoms with Gasteiger partial charge in [-0.05, 0) is 24.3 Å². The van der Waals surface area contributed by atoms with Crippen LogP contribution in [0.15, 0.2) is 24.3 Å². The number of ether oxygens (including phenoxy) is 1. The zero-order valence-corrected chi connectivity index (χ0v) is 8.81. The molecule has 0 heterocycles. The van der Waals surface area contributed by atoms with Gasteiger partial charge in [0.15, 0.2) is 0 Å². The van der Waals surface area contributed by atoms with Crippen molar-refractivity contribution < 1.29 is 9.53 Å². The largest absolute Gasteiger partial charge is 0.448 e. The van der Waals surface area contributed by atoms with Gasteiger partial charge >= 0.3 is 6.09 Å². The predicted molar refractivity (Wildman–Crippen MR) is 57.1 cm³/mol. The molecule has 0 aliphatic carbocycles. The van der Waals surface area contributed by atoms with E-state index in [1.54, 1.807) is 24.3 Å². The highest BCUT2D eigenvalue weighted by Crippen LogP contribution is 2.13. The topological polar surface area (TPSA) is 38.3 Å². The maximum Gasteiger partial charge on any atom is 0.411 e. The average Bonchev–Trinajstić information content (AvgIpc) is 2.18. The van der Waals surface area contributed by atoms with E-state index in [1.807, 2.05) is 0 Å². The van der Waals surface area contributed by atoms with Gasteiger partial charge < -0.3 is 4.74 Å². The number of halogens is 2. The number of anilines is 1. The monoisotopic (exact) mass is 233 g/mol. The number of carbonyl (C=O) groups is 1. The van der Waals surface area contributed by atoms with Gasteiger partial charge in [0.05, 0.1) is 5.88 Å². The molecule has 0 saturated heterocycles. The van der Waals surface area contributed by atoms with Crippen LogP contribution in [-0.4, -0.2) is 18.6 Å². The molecule has 1 amide bonds. The number of nitrogens with one attached hydrogen (secondary N) is 1. The molecule has 0 saturated carbocycles. The summed E-state index contributed by atoms with van der Waals surface area (Å²) in [5.41, 5.74) is 0.633. The zero-order valence-electron chi connectivity index (χ0n) is 7.30. The Labute approximate surface area is 92.0 Å². The van der Waals surface area contributed by atoms with Crippen LogP contribution in [0.3, 0.4) is 0 Å². The second-order valence-electron chi connectivity index (χ2n) is 2.46. The molecule has 3 nitrogen and oxygen atoms in total. The quantitative estimate of drug-likeness (QED) is 0.816. The number of rotatable bonds is 3. The van der Waals surface area contributed by atoms with Crippen LogP contribution in [-0.2, 0) is 4.74 Å². The summed E-state index contributed by atoms with van der Waals surface area (Å²) in [6.45, 7) is 0.195. The minimum atomic E-state index is -0.520. The summed E-state index contributed by atoms with van der Waals surface area (Å²) in [6, 6.07) is 6.73. The Morgan fingerprint density at radius 2 is 2.00 bits per heavy atom. The lowest BCUT2D eigenvalue weighted by atomic mass is 10.3. The van der Waals surface area contributed by atoms with Crippen molar-refractivity contribution in [2.24, 2.45) is 0 Å². The molecule has 0 aliphatic rings. The van der Waals surface area contributed by atoms with E-state index in [0.717, 1.165) is 0 Å². The first-order valence-electron chi connectivity index (χ1n) is 3.97. The second-order valence-corrected chi connectivity index (χ2v) is 3.27. The van der Waals surface area contributed by atoms with Gasteiger partial charge in [0.25, 0.3) is 0 Å². The van der Waals surface area contributed by atoms with Crippen LogP contribution in [0.2, 0.25) is 5.02 Å². The second kappa shape index (κ2) is 5.73. The Balaban J connectivity index is 2.44. The van der Waals surface area contributed by atoms with E-state index in [0.29, 0.717) is 10.7 Å². The molecule has 1 N–H and O–H groups in total. The number of benzene rings is 1. The van der Waals surface area contributed by atoms with Gasteiger partial charge in [-0.15, -0.1) is 11.6 Å². The van der Waals surface area contributed by atoms with Gasteiger partial charge in [0.1, 0.15) is 6.61 Å². The van der Waals surface area contributed by atoms with Crippen LogP contribution in [0.5, 0.6) is 0 Å². The Morgan fingerprint density at radius 3 is 2.57 bits per heavy atom. The molecule has 0 spiro atoms. The summed E-state index contributed by atoms with van der Waals surface area (Å²) < 4.78 is 4.71. The van der Waals surface area contributed by atoms with Crippen LogP contribution in [0.1, 0.15) is 0 Å². The number of alkyl halides is 1. The van der Waals surface area contributed by atoms with Crippen LogP contribution in [0.4, 0.5) is 10.5 Å². The molecule has 5 heteroatoms. The Hall–Kier alpha value is -0.930. The smallest absolute Gasteiger partial charge is 0.411 e. The number of hydrogen-bond acceptors (Lipinski definition) is 2. The highest BCUT2D eigenvalue weighted by Gasteiger charge is 2.01. The molecule has 1 rings (SSSR count). The summed E-state index contributed by atoms with van der Waals surface area (Å²) in [4.78, 5) is 11.0. The van der Waals surface area contributed by atoms with E-state index in [1.165, 1.54) is 0 Å². The summed E-state index contributed by atoms with van der Waals surface area (Å²) >= 11 is 11.0. The molecular formula is C9H9Cl2NO2. The van der Waals surface area contributed by atoms with Crippen LogP contribution in [0.25, 0.3) is 0 Å². The standard InChI is InChI=1S/C9H9Cl2NO2/c10-5-6-14-9(13)12-8-3-1-7(11)2-4-8/h1-4H,5-6H2,(H,12,13). The first-order valence-corrected chi connectivity index (χ1v) is 4.89. The molecule has 0 unspecified atom stereocenters. The van der Waals surface area contributed by atoms with Gasteiger partial charge in [-0.1, -0.05) is 11.6 Å². The van der Waals surface area contributed by atoms with Crippen molar-refractivity contribution in [2.75, 3.05) is 17.8 Å². The number of carbonyl (C=O) groups excluding carboxylic acids is 1. The fourth-order valence-corrected chi connectivity index (χ4v) is 1.02. The van der Waals surface area contributed by atoms with E-state index < -0.39 is 6.09 Å². The highest BCUT2D eigenvalue weighted by atomic mass is 35.5. The van der Waals surface area contributed by atoms with Gasteiger partial charge in [0, 0.05) is 10.7 Å². The summed E-state index contributed by atoms with van der Waals surface area (Å²) in [7, 11) is 0. The zero-order chi connectivity index (χ0) is 10.4. The maximum atomic E-state index is 11.0. The molecule has 76 valence electrons. The Bertz CT molecular complexity index is 300. The molecule has 0 bridgehead atoms. The molecule has 0 aromatic heterocycles. The highest BCUT2D eigenvalue weighted by molar-refractivity contribution is 6.30. The van der Waals surface area contributed by atoms with Gasteiger partial charge in [0.2, 0.25) is 0 Å². The van der Waals surface area contributed by atoms with E-state index in [4.69, 9.17) is 27.9 Å². The van der Waals surface area contributed by atoms with Crippen LogP contribution >= 0.6 is 23.2 Å². The normalized spacial score (nSPS) is 9.57. The average molecular weight is 234 g/mol. The van der Waals surface area contributed by atoms with Gasteiger partial charge in [-0.3, -0.25) is 5.32 Å². The van der Waals surface area contributed by atoms with Crippen molar-refractivity contribution in [2.45, 2.75) is 0 Å². The molecule has 1 aromatic rings. The SMILES string of the molecule is O=C(Nc1ccc(Cl)cc1)OCCCl. The van der Waals surface area contributed by atoms with E-state index in [-0.39, 0.29) is 12.5 Å². The minimum Gasteiger partial charge on any atom is -0.448 e. The molecule has 0 aliphatic heterocycles. The van der Waals surface area contributed by atoms with Crippen molar-refractivity contribution in [3.05, 3.63) is 29.3 Å². The maximum absolute atomic E-state index is 11.0. The third kappa shape index (κ3) is 3.85. The van der Waals surface area contributed by atoms with Crippen molar-refractivity contribution in [1.29, 1.82) is 0 Å². The Kier molecular flexibility index (Phi) is 4.56.